The van der Waals surface area contributed by atoms with Crippen LogP contribution in [0.1, 0.15) is 104 Å². The van der Waals surface area contributed by atoms with Crippen molar-refractivity contribution >= 4 is 57.6 Å². The zero-order valence-electron chi connectivity index (χ0n) is 27.3. The predicted molar refractivity (Wildman–Crippen MR) is 187 cm³/mol. The van der Waals surface area contributed by atoms with Gasteiger partial charge in [0.05, 0.1) is 24.7 Å². The molecule has 0 unspecified atom stereocenters. The number of nitrogens with one attached hydrogen (secondary N) is 3. The van der Waals surface area contributed by atoms with Gasteiger partial charge < -0.3 is 26.6 Å². The standard InChI is InChI=1S/C33H40N8O4S3/c1-18(2)26(34)31-39-24(17-47-31)33(45)41-12-8-11-35-28(43)22-15-48-32(38-22)27(19(3)4)40-29(44)23-16-46-30(37-23)21(36-25(42)14-41)13-20-9-6-5-7-10-20/h5-7,9-10,15-19,21,26-27H,8,11-14,34H2,1-4H3,(H,35,43)(H,36,42)(H,40,44)/t21-,26-,27-/m0/s1. The third kappa shape index (κ3) is 8.69. The van der Waals surface area contributed by atoms with Crippen molar-refractivity contribution in [2.45, 2.75) is 58.7 Å². The number of hydrogen-bond acceptors (Lipinski definition) is 11. The van der Waals surface area contributed by atoms with E-state index in [0.717, 1.165) is 5.56 Å². The first-order valence-electron chi connectivity index (χ1n) is 15.8. The molecule has 4 aromatic rings. The molecule has 48 heavy (non-hydrogen) atoms. The van der Waals surface area contributed by atoms with Gasteiger partial charge in [0.1, 0.15) is 32.1 Å². The van der Waals surface area contributed by atoms with Crippen molar-refractivity contribution in [1.29, 1.82) is 0 Å². The zero-order valence-corrected chi connectivity index (χ0v) is 29.7. The van der Waals surface area contributed by atoms with E-state index >= 15 is 0 Å². The fraction of sp³-hybridized carbons (Fsp3) is 0.424. The van der Waals surface area contributed by atoms with Gasteiger partial charge in [-0.1, -0.05) is 58.0 Å². The van der Waals surface area contributed by atoms with E-state index in [1.54, 1.807) is 16.1 Å². The summed E-state index contributed by atoms with van der Waals surface area (Å²) in [5.41, 5.74) is 7.94. The second-order valence-corrected chi connectivity index (χ2v) is 15.0. The molecule has 12 nitrogen and oxygen atoms in total. The number of carbonyl (C=O) groups is 4. The largest absolute Gasteiger partial charge is 0.351 e. The van der Waals surface area contributed by atoms with Crippen LogP contribution in [-0.2, 0) is 11.2 Å². The average Bonchev–Trinajstić information content (AvgIpc) is 3.85. The summed E-state index contributed by atoms with van der Waals surface area (Å²) in [7, 11) is 0. The maximum absolute atomic E-state index is 13.8. The molecule has 4 amide bonds. The number of amides is 4. The van der Waals surface area contributed by atoms with Crippen LogP contribution in [0.5, 0.6) is 0 Å². The van der Waals surface area contributed by atoms with Crippen LogP contribution in [0.25, 0.3) is 0 Å². The van der Waals surface area contributed by atoms with Gasteiger partial charge in [-0.25, -0.2) is 15.0 Å². The lowest BCUT2D eigenvalue weighted by Crippen LogP contribution is -2.43. The number of hydrogen-bond donors (Lipinski definition) is 4. The Kier molecular flexibility index (Phi) is 11.7. The van der Waals surface area contributed by atoms with Gasteiger partial charge in [-0.05, 0) is 30.2 Å². The molecule has 3 aromatic heterocycles. The van der Waals surface area contributed by atoms with E-state index in [4.69, 9.17) is 5.73 Å². The third-order valence-corrected chi connectivity index (χ3v) is 10.7. The third-order valence-electron chi connectivity index (χ3n) is 7.90. The van der Waals surface area contributed by atoms with Gasteiger partial charge in [0, 0.05) is 29.2 Å². The molecule has 3 atom stereocenters. The van der Waals surface area contributed by atoms with E-state index in [0.29, 0.717) is 27.9 Å². The first-order valence-corrected chi connectivity index (χ1v) is 18.5. The summed E-state index contributed by atoms with van der Waals surface area (Å²) >= 11 is 3.91. The second kappa shape index (κ2) is 15.9. The van der Waals surface area contributed by atoms with Crippen LogP contribution in [0.15, 0.2) is 46.5 Å². The molecule has 4 bridgehead atoms. The van der Waals surface area contributed by atoms with Crippen LogP contribution in [-0.4, -0.2) is 63.1 Å². The number of rotatable bonds is 6. The first kappa shape index (κ1) is 35.3. The number of thiazole rings is 3. The fourth-order valence-electron chi connectivity index (χ4n) is 5.08. The maximum Gasteiger partial charge on any atom is 0.273 e. The minimum absolute atomic E-state index is 0.00762. The fourth-order valence-corrected chi connectivity index (χ4v) is 7.92. The molecule has 254 valence electrons. The lowest BCUT2D eigenvalue weighted by molar-refractivity contribution is -0.122. The molecule has 0 saturated carbocycles. The zero-order chi connectivity index (χ0) is 34.4. The molecule has 0 radical (unpaired) electrons. The molecule has 0 saturated heterocycles. The van der Waals surface area contributed by atoms with Crippen molar-refractivity contribution in [3.63, 3.8) is 0 Å². The average molecular weight is 709 g/mol. The highest BCUT2D eigenvalue weighted by atomic mass is 32.1. The summed E-state index contributed by atoms with van der Waals surface area (Å²) in [6, 6.07) is 8.38. The van der Waals surface area contributed by atoms with E-state index in [1.165, 1.54) is 38.9 Å². The van der Waals surface area contributed by atoms with Crippen molar-refractivity contribution in [3.8, 4) is 0 Å². The van der Waals surface area contributed by atoms with Gasteiger partial charge in [-0.3, -0.25) is 19.2 Å². The molecule has 1 aliphatic heterocycles. The number of nitrogens with two attached hydrogens (primary N) is 1. The Morgan fingerprint density at radius 2 is 1.60 bits per heavy atom. The highest BCUT2D eigenvalue weighted by Crippen LogP contribution is 2.28. The molecule has 0 spiro atoms. The number of fused-ring (bicyclic) bond motifs is 4. The predicted octanol–water partition coefficient (Wildman–Crippen LogP) is 4.51. The van der Waals surface area contributed by atoms with Crippen LogP contribution < -0.4 is 21.7 Å². The monoisotopic (exact) mass is 708 g/mol. The Morgan fingerprint density at radius 1 is 0.917 bits per heavy atom. The van der Waals surface area contributed by atoms with Crippen LogP contribution in [0, 0.1) is 11.8 Å². The molecule has 5 rings (SSSR count). The summed E-state index contributed by atoms with van der Waals surface area (Å²) in [5.74, 6) is -1.41. The number of carbonyl (C=O) groups excluding carboxylic acids is 4. The van der Waals surface area contributed by atoms with Crippen molar-refractivity contribution in [2.75, 3.05) is 19.6 Å². The maximum atomic E-state index is 13.8. The van der Waals surface area contributed by atoms with Gasteiger partial charge in [0.2, 0.25) is 5.91 Å². The highest BCUT2D eigenvalue weighted by molar-refractivity contribution is 7.10. The molecule has 0 aliphatic carbocycles. The quantitative estimate of drug-likeness (QED) is 0.227. The highest BCUT2D eigenvalue weighted by Gasteiger charge is 2.28. The van der Waals surface area contributed by atoms with E-state index in [9.17, 15) is 19.2 Å². The topological polar surface area (TPSA) is 172 Å². The normalized spacial score (nSPS) is 18.8. The molecule has 0 fully saturated rings. The van der Waals surface area contributed by atoms with Crippen LogP contribution in [0.4, 0.5) is 0 Å². The molecule has 1 aliphatic rings. The van der Waals surface area contributed by atoms with Gasteiger partial charge in [-0.15, -0.1) is 34.0 Å². The van der Waals surface area contributed by atoms with E-state index < -0.39 is 23.9 Å². The van der Waals surface area contributed by atoms with Gasteiger partial charge in [-0.2, -0.15) is 0 Å². The SMILES string of the molecule is CC(C)[C@H](N)c1nc(C(=O)N2CCCNC(=O)c3csc(n3)[C@H](C(C)C)NC(=O)c3csc(n3)[C@H](Cc3ccccc3)NC(=O)C2)cs1. The Hall–Kier alpha value is -4.05. The summed E-state index contributed by atoms with van der Waals surface area (Å²) in [6.45, 7) is 8.11. The minimum atomic E-state index is -0.554. The van der Waals surface area contributed by atoms with Crippen molar-refractivity contribution in [1.82, 2.24) is 35.8 Å². The minimum Gasteiger partial charge on any atom is -0.351 e. The Labute approximate surface area is 291 Å². The second-order valence-electron chi connectivity index (χ2n) is 12.3. The van der Waals surface area contributed by atoms with Gasteiger partial charge in [0.25, 0.3) is 17.7 Å². The molecule has 1 aromatic carbocycles. The molecule has 15 heteroatoms. The lowest BCUT2D eigenvalue weighted by Gasteiger charge is -2.24. The van der Waals surface area contributed by atoms with Crippen LogP contribution >= 0.6 is 34.0 Å². The van der Waals surface area contributed by atoms with Crippen LogP contribution in [0.3, 0.4) is 0 Å². The Balaban J connectivity index is 1.46. The Morgan fingerprint density at radius 3 is 2.31 bits per heavy atom. The molecular formula is C33H40N8O4S3. The number of benzene rings is 1. The summed E-state index contributed by atoms with van der Waals surface area (Å²) in [5, 5.41) is 15.8. The summed E-state index contributed by atoms with van der Waals surface area (Å²) in [4.78, 5) is 69.0. The summed E-state index contributed by atoms with van der Waals surface area (Å²) < 4.78 is 0. The van der Waals surface area contributed by atoms with Gasteiger partial charge in [0.15, 0.2) is 0 Å². The number of aromatic nitrogens is 3. The lowest BCUT2D eigenvalue weighted by atomic mass is 10.0. The number of nitrogens with zero attached hydrogens (tertiary/aromatic N) is 4. The molecule has 4 heterocycles. The van der Waals surface area contributed by atoms with Gasteiger partial charge >= 0.3 is 0 Å². The Bertz CT molecular complexity index is 1730. The smallest absolute Gasteiger partial charge is 0.273 e. The van der Waals surface area contributed by atoms with E-state index in [2.05, 4.69) is 30.9 Å². The first-order chi connectivity index (χ1) is 23.0. The molecule has 5 N–H and O–H groups in total. The van der Waals surface area contributed by atoms with Crippen molar-refractivity contribution < 1.29 is 19.2 Å². The molecular weight excluding hydrogens is 669 g/mol. The van der Waals surface area contributed by atoms with E-state index in [1.807, 2.05) is 58.0 Å². The van der Waals surface area contributed by atoms with Crippen LogP contribution in [0.2, 0.25) is 0 Å². The summed E-state index contributed by atoms with van der Waals surface area (Å²) in [6.07, 6.45) is 0.818. The van der Waals surface area contributed by atoms with E-state index in [-0.39, 0.29) is 66.4 Å². The van der Waals surface area contributed by atoms with Crippen molar-refractivity contribution in [3.05, 3.63) is 84.1 Å². The van der Waals surface area contributed by atoms with Crippen molar-refractivity contribution in [2.24, 2.45) is 17.6 Å².